The predicted molar refractivity (Wildman–Crippen MR) is 225 cm³/mol. The molecular weight excluding hydrogens is 719 g/mol. The number of hydrogen-bond donors (Lipinski definition) is 3. The van der Waals surface area contributed by atoms with Crippen LogP contribution in [-0.4, -0.2) is 87.6 Å². The summed E-state index contributed by atoms with van der Waals surface area (Å²) in [6.45, 7) is 11.0. The smallest absolute Gasteiger partial charge is 0.331 e. The number of rotatable bonds is 21. The lowest BCUT2D eigenvalue weighted by atomic mass is 9.81. The van der Waals surface area contributed by atoms with E-state index in [0.717, 1.165) is 81.5 Å². The molecule has 57 heavy (non-hydrogen) atoms. The van der Waals surface area contributed by atoms with Crippen LogP contribution in [0.25, 0.3) is 0 Å². The molecule has 2 aliphatic rings. The second kappa shape index (κ2) is 22.5. The summed E-state index contributed by atoms with van der Waals surface area (Å²) in [4.78, 5) is 31.4. The minimum absolute atomic E-state index is 0.0200. The monoisotopic (exact) mass is 783 g/mol. The molecule has 0 radical (unpaired) electrons. The molecule has 3 unspecified atom stereocenters. The first-order chi connectivity index (χ1) is 27.7. The number of amides is 1. The van der Waals surface area contributed by atoms with Crippen LogP contribution in [0.5, 0.6) is 5.75 Å². The lowest BCUT2D eigenvalue weighted by Gasteiger charge is -2.45. The molecule has 11 heteroatoms. The highest BCUT2D eigenvalue weighted by Crippen LogP contribution is 2.41. The second-order valence-electron chi connectivity index (χ2n) is 15.7. The van der Waals surface area contributed by atoms with Gasteiger partial charge in [-0.1, -0.05) is 44.5 Å². The molecule has 3 heterocycles. The van der Waals surface area contributed by atoms with Gasteiger partial charge in [-0.15, -0.1) is 0 Å². The Balaban J connectivity index is 1.11. The van der Waals surface area contributed by atoms with Crippen molar-refractivity contribution in [2.45, 2.75) is 89.8 Å². The maximum atomic E-state index is 13.6. The number of methoxy groups -OCH3 is 1. The number of benzene rings is 2. The third-order valence-corrected chi connectivity index (χ3v) is 11.5. The Labute approximate surface area is 340 Å². The Morgan fingerprint density at radius 1 is 0.947 bits per heavy atom. The molecule has 1 fully saturated rings. The molecule has 1 aromatic heterocycles. The van der Waals surface area contributed by atoms with Gasteiger partial charge in [0.25, 0.3) is 5.91 Å². The number of carbonyl (C=O) groups is 2. The highest BCUT2D eigenvalue weighted by atomic mass is 16.6. The van der Waals surface area contributed by atoms with Crippen LogP contribution in [0.2, 0.25) is 0 Å². The number of ether oxygens (including phenoxy) is 4. The summed E-state index contributed by atoms with van der Waals surface area (Å²) >= 11 is 0. The summed E-state index contributed by atoms with van der Waals surface area (Å²) in [5.41, 5.74) is 4.83. The van der Waals surface area contributed by atoms with E-state index in [9.17, 15) is 9.59 Å². The van der Waals surface area contributed by atoms with Crippen LogP contribution in [0.1, 0.15) is 106 Å². The van der Waals surface area contributed by atoms with Gasteiger partial charge < -0.3 is 39.8 Å². The lowest BCUT2D eigenvalue weighted by Crippen LogP contribution is -2.53. The first-order valence-electron chi connectivity index (χ1n) is 20.9. The molecule has 0 saturated carbocycles. The summed E-state index contributed by atoms with van der Waals surface area (Å²) in [5, 5.41) is 11.3. The molecule has 4 atom stereocenters. The summed E-state index contributed by atoms with van der Waals surface area (Å²) < 4.78 is 21.4. The van der Waals surface area contributed by atoms with Crippen molar-refractivity contribution in [3.8, 4) is 5.75 Å². The second-order valence-corrected chi connectivity index (χ2v) is 15.7. The maximum Gasteiger partial charge on any atom is 0.331 e. The van der Waals surface area contributed by atoms with Gasteiger partial charge in [0.05, 0.1) is 31.3 Å². The predicted octanol–water partition coefficient (Wildman–Crippen LogP) is 7.88. The number of unbranched alkanes of at least 4 members (excludes halogenated alkanes) is 2. The zero-order chi connectivity index (χ0) is 40.5. The van der Waals surface area contributed by atoms with Crippen LogP contribution < -0.4 is 20.7 Å². The highest BCUT2D eigenvalue weighted by molar-refractivity contribution is 5.95. The van der Waals surface area contributed by atoms with Crippen molar-refractivity contribution in [2.24, 2.45) is 11.8 Å². The molecule has 2 aromatic carbocycles. The Kier molecular flexibility index (Phi) is 17.2. The van der Waals surface area contributed by atoms with Gasteiger partial charge in [-0.3, -0.25) is 9.78 Å². The third kappa shape index (κ3) is 13.0. The van der Waals surface area contributed by atoms with Crippen molar-refractivity contribution >= 4 is 17.6 Å². The number of esters is 1. The average Bonchev–Trinajstić information content (AvgIpc) is 3.41. The molecule has 0 bridgehead atoms. The van der Waals surface area contributed by atoms with Gasteiger partial charge >= 0.3 is 5.97 Å². The van der Waals surface area contributed by atoms with Crippen LogP contribution in [0, 0.1) is 11.8 Å². The number of allylic oxidation sites excluding steroid dienone is 1. The normalized spacial score (nSPS) is 20.0. The van der Waals surface area contributed by atoms with Gasteiger partial charge in [-0.25, -0.2) is 4.79 Å². The number of likely N-dealkylation sites (tertiary alicyclic amines) is 1. The van der Waals surface area contributed by atoms with Gasteiger partial charge in [-0.2, -0.15) is 0 Å². The average molecular weight is 784 g/mol. The summed E-state index contributed by atoms with van der Waals surface area (Å²) in [6.07, 6.45) is 13.9. The number of nitrogens with one attached hydrogen (secondary N) is 3. The number of nitrogens with zero attached hydrogens (tertiary/aromatic N) is 2. The number of anilines is 1. The number of carbonyl (C=O) groups excluding carboxylic acids is 2. The van der Waals surface area contributed by atoms with E-state index in [-0.39, 0.29) is 36.1 Å². The fraction of sp³-hybridized carbons (Fsp3) is 0.543. The van der Waals surface area contributed by atoms with E-state index >= 15 is 0 Å². The summed E-state index contributed by atoms with van der Waals surface area (Å²) in [6, 6.07) is 20.2. The standard InChI is InChI=1S/C46H65N5O6/c1-6-41-34(2)14-19-42(49-44(41)37-20-24-47-25-21-37)46(22-26-51(4)27-23-46)50-39-13-10-12-38(32-39)45(53)48-35(3)36-15-17-40(18-16-36)57-31-9-7-8-28-55-29-11-30-56-33-43(52)54-5/h10,12-13,15-21,24-25,32,34-35,41,44,49-50H,6-9,11,14,22-23,26-31,33H2,1-5H3,(H,48,53)/t34?,35-,41?,44?/m1/s1. The van der Waals surface area contributed by atoms with Crippen molar-refractivity contribution in [1.29, 1.82) is 0 Å². The molecule has 5 rings (SSSR count). The largest absolute Gasteiger partial charge is 0.494 e. The van der Waals surface area contributed by atoms with E-state index in [4.69, 9.17) is 14.2 Å². The minimum atomic E-state index is -0.368. The molecular formula is C46H65N5O6. The van der Waals surface area contributed by atoms with Crippen LogP contribution in [0.15, 0.2) is 84.8 Å². The van der Waals surface area contributed by atoms with Gasteiger partial charge in [0.1, 0.15) is 12.4 Å². The number of piperidine rings is 1. The lowest BCUT2D eigenvalue weighted by molar-refractivity contribution is -0.146. The topological polar surface area (TPSA) is 123 Å². The van der Waals surface area contributed by atoms with Crippen molar-refractivity contribution in [2.75, 3.05) is 65.6 Å². The molecule has 0 aliphatic carbocycles. The molecule has 0 spiro atoms. The van der Waals surface area contributed by atoms with E-state index in [2.05, 4.69) is 75.7 Å². The van der Waals surface area contributed by atoms with Crippen LogP contribution in [-0.2, 0) is 19.0 Å². The highest BCUT2D eigenvalue weighted by Gasteiger charge is 2.41. The van der Waals surface area contributed by atoms with Gasteiger partial charge in [0.15, 0.2) is 0 Å². The quantitative estimate of drug-likeness (QED) is 0.0727. The molecule has 2 aliphatic heterocycles. The fourth-order valence-corrected chi connectivity index (χ4v) is 7.96. The molecule has 3 N–H and O–H groups in total. The van der Waals surface area contributed by atoms with Gasteiger partial charge in [0.2, 0.25) is 0 Å². The van der Waals surface area contributed by atoms with E-state index in [0.29, 0.717) is 43.8 Å². The van der Waals surface area contributed by atoms with E-state index in [1.807, 2.05) is 61.8 Å². The van der Waals surface area contributed by atoms with E-state index in [1.165, 1.54) is 18.4 Å². The third-order valence-electron chi connectivity index (χ3n) is 11.5. The van der Waals surface area contributed by atoms with Crippen LogP contribution in [0.4, 0.5) is 5.69 Å². The zero-order valence-electron chi connectivity index (χ0n) is 34.8. The van der Waals surface area contributed by atoms with Crippen molar-refractivity contribution in [3.63, 3.8) is 0 Å². The van der Waals surface area contributed by atoms with E-state index in [1.54, 1.807) is 0 Å². The first-order valence-corrected chi connectivity index (χ1v) is 20.9. The minimum Gasteiger partial charge on any atom is -0.494 e. The number of pyridine rings is 1. The van der Waals surface area contributed by atoms with Crippen molar-refractivity contribution in [3.05, 3.63) is 102 Å². The number of aromatic nitrogens is 1. The maximum absolute atomic E-state index is 13.6. The molecule has 1 amide bonds. The SMILES string of the molecule is CCC1C(C)CC=C(C2(Nc3cccc(C(=O)N[C@H](C)c4ccc(OCCCCCOCCCOCC(=O)OC)cc4)c3)CCN(C)CC2)NC1c1ccncc1. The zero-order valence-corrected chi connectivity index (χ0v) is 34.8. The Morgan fingerprint density at radius 2 is 1.67 bits per heavy atom. The van der Waals surface area contributed by atoms with Crippen LogP contribution in [0.3, 0.4) is 0 Å². The van der Waals surface area contributed by atoms with Crippen molar-refractivity contribution in [1.82, 2.24) is 20.5 Å². The fourth-order valence-electron chi connectivity index (χ4n) is 7.96. The Bertz CT molecular complexity index is 1690. The Hall–Kier alpha value is -4.45. The molecule has 11 nitrogen and oxygen atoms in total. The summed E-state index contributed by atoms with van der Waals surface area (Å²) in [5.74, 6) is 1.37. The van der Waals surface area contributed by atoms with Crippen LogP contribution >= 0.6 is 0 Å². The number of hydrogen-bond acceptors (Lipinski definition) is 10. The van der Waals surface area contributed by atoms with Gasteiger partial charge in [-0.05, 0) is 124 Å². The van der Waals surface area contributed by atoms with Crippen molar-refractivity contribution < 1.29 is 28.5 Å². The molecule has 3 aromatic rings. The van der Waals surface area contributed by atoms with E-state index < -0.39 is 0 Å². The first kappa shape index (κ1) is 43.7. The molecule has 1 saturated heterocycles. The van der Waals surface area contributed by atoms with Gasteiger partial charge in [0, 0.05) is 62.3 Å². The Morgan fingerprint density at radius 3 is 2.40 bits per heavy atom. The molecule has 310 valence electrons. The summed E-state index contributed by atoms with van der Waals surface area (Å²) in [7, 11) is 3.54.